The zero-order valence-corrected chi connectivity index (χ0v) is 19.0. The predicted octanol–water partition coefficient (Wildman–Crippen LogP) is 3.49. The molecule has 0 radical (unpaired) electrons. The molecule has 0 bridgehead atoms. The Morgan fingerprint density at radius 1 is 0.939 bits per heavy atom. The van der Waals surface area contributed by atoms with E-state index in [0.717, 1.165) is 50.7 Å². The number of hydrogen-bond donors (Lipinski definition) is 0. The Kier molecular flexibility index (Phi) is 5.74. The van der Waals surface area contributed by atoms with Gasteiger partial charge in [-0.3, -0.25) is 4.98 Å². The van der Waals surface area contributed by atoms with Crippen LogP contribution in [0.2, 0.25) is 0 Å². The van der Waals surface area contributed by atoms with Gasteiger partial charge in [0, 0.05) is 43.9 Å². The van der Waals surface area contributed by atoms with Gasteiger partial charge in [-0.2, -0.15) is 0 Å². The molecule has 33 heavy (non-hydrogen) atoms. The number of rotatable bonds is 5. The number of benzene rings is 1. The summed E-state index contributed by atoms with van der Waals surface area (Å²) in [5, 5.41) is 0. The molecule has 0 amide bonds. The molecule has 172 valence electrons. The van der Waals surface area contributed by atoms with E-state index in [1.54, 1.807) is 12.4 Å². The van der Waals surface area contributed by atoms with E-state index in [4.69, 9.17) is 4.74 Å². The maximum absolute atomic E-state index is 13.0. The second-order valence-corrected chi connectivity index (χ2v) is 10.8. The summed E-state index contributed by atoms with van der Waals surface area (Å²) in [6.07, 6.45) is 7.98. The van der Waals surface area contributed by atoms with E-state index < -0.39 is 15.7 Å². The molecule has 2 aliphatic heterocycles. The molecule has 0 atom stereocenters. The Balaban J connectivity index is 1.19. The minimum atomic E-state index is -3.48. The van der Waals surface area contributed by atoms with Crippen molar-refractivity contribution in [2.45, 2.75) is 42.8 Å². The second-order valence-electron chi connectivity index (χ2n) is 8.77. The van der Waals surface area contributed by atoms with Gasteiger partial charge in [0.2, 0.25) is 5.95 Å². The van der Waals surface area contributed by atoms with Crippen molar-refractivity contribution in [3.63, 3.8) is 0 Å². The molecule has 3 aromatic rings. The number of aromatic nitrogens is 3. The predicted molar refractivity (Wildman–Crippen MR) is 122 cm³/mol. The van der Waals surface area contributed by atoms with Crippen LogP contribution in [0.5, 0.6) is 5.75 Å². The first kappa shape index (κ1) is 21.8. The SMILES string of the molecule is O=S(=O)(Cc1cnc(N2CCC3(CCc4ccccc4O3)CC2)nc1)Cc1ccc(F)cn1. The number of para-hydroxylation sites is 1. The molecule has 0 saturated carbocycles. The molecule has 0 aliphatic carbocycles. The lowest BCUT2D eigenvalue weighted by atomic mass is 9.83. The highest BCUT2D eigenvalue weighted by Crippen LogP contribution is 2.39. The first-order valence-corrected chi connectivity index (χ1v) is 12.9. The van der Waals surface area contributed by atoms with Gasteiger partial charge in [-0.1, -0.05) is 18.2 Å². The van der Waals surface area contributed by atoms with Crippen LogP contribution in [0.1, 0.15) is 36.1 Å². The zero-order valence-electron chi connectivity index (χ0n) is 18.2. The van der Waals surface area contributed by atoms with Crippen LogP contribution in [-0.2, 0) is 27.8 Å². The van der Waals surface area contributed by atoms with Gasteiger partial charge in [-0.15, -0.1) is 0 Å². The van der Waals surface area contributed by atoms with Crippen molar-refractivity contribution < 1.29 is 17.5 Å². The molecular formula is C24H25FN4O3S. The normalized spacial score (nSPS) is 17.4. The van der Waals surface area contributed by atoms with E-state index >= 15 is 0 Å². The van der Waals surface area contributed by atoms with Crippen LogP contribution >= 0.6 is 0 Å². The monoisotopic (exact) mass is 468 g/mol. The summed E-state index contributed by atoms with van der Waals surface area (Å²) in [6.45, 7) is 1.58. The van der Waals surface area contributed by atoms with Crippen LogP contribution in [0.25, 0.3) is 0 Å². The first-order valence-electron chi connectivity index (χ1n) is 11.0. The van der Waals surface area contributed by atoms with E-state index in [2.05, 4.69) is 32.0 Å². The van der Waals surface area contributed by atoms with Crippen molar-refractivity contribution in [2.24, 2.45) is 0 Å². The average Bonchev–Trinajstić information content (AvgIpc) is 2.81. The number of hydrogen-bond acceptors (Lipinski definition) is 7. The molecule has 7 nitrogen and oxygen atoms in total. The van der Waals surface area contributed by atoms with Crippen LogP contribution < -0.4 is 9.64 Å². The maximum atomic E-state index is 13.0. The highest BCUT2D eigenvalue weighted by molar-refractivity contribution is 7.89. The molecule has 2 aromatic heterocycles. The number of halogens is 1. The van der Waals surface area contributed by atoms with Crippen LogP contribution in [0, 0.1) is 5.82 Å². The number of nitrogens with zero attached hydrogens (tertiary/aromatic N) is 4. The summed E-state index contributed by atoms with van der Waals surface area (Å²) < 4.78 is 44.4. The van der Waals surface area contributed by atoms with Crippen LogP contribution in [0.15, 0.2) is 55.0 Å². The molecule has 4 heterocycles. The molecule has 2 aliphatic rings. The fourth-order valence-electron chi connectivity index (χ4n) is 4.53. The summed E-state index contributed by atoms with van der Waals surface area (Å²) in [7, 11) is -3.48. The van der Waals surface area contributed by atoms with E-state index in [9.17, 15) is 12.8 Å². The molecule has 9 heteroatoms. The number of ether oxygens (including phenoxy) is 1. The average molecular weight is 469 g/mol. The van der Waals surface area contributed by atoms with Gasteiger partial charge in [0.05, 0.1) is 23.4 Å². The van der Waals surface area contributed by atoms with Gasteiger partial charge < -0.3 is 9.64 Å². The van der Waals surface area contributed by atoms with Crippen molar-refractivity contribution >= 4 is 15.8 Å². The molecule has 1 aromatic carbocycles. The summed E-state index contributed by atoms with van der Waals surface area (Å²) in [5.74, 6) is 0.649. The minimum absolute atomic E-state index is 0.132. The van der Waals surface area contributed by atoms with Crippen molar-refractivity contribution in [1.29, 1.82) is 0 Å². The third-order valence-electron chi connectivity index (χ3n) is 6.34. The molecular weight excluding hydrogens is 443 g/mol. The topological polar surface area (TPSA) is 85.3 Å². The minimum Gasteiger partial charge on any atom is -0.487 e. The second kappa shape index (κ2) is 8.70. The Morgan fingerprint density at radius 2 is 1.70 bits per heavy atom. The molecule has 5 rings (SSSR count). The van der Waals surface area contributed by atoms with Gasteiger partial charge >= 0.3 is 0 Å². The van der Waals surface area contributed by atoms with Gasteiger partial charge in [-0.25, -0.2) is 22.8 Å². The zero-order chi connectivity index (χ0) is 22.9. The number of sulfone groups is 1. The lowest BCUT2D eigenvalue weighted by Gasteiger charge is -2.44. The van der Waals surface area contributed by atoms with Crippen LogP contribution in [0.4, 0.5) is 10.3 Å². The standard InChI is InChI=1S/C24H25FN4O3S/c25-20-5-6-21(26-15-20)17-33(30,31)16-18-13-27-23(28-14-18)29-11-9-24(10-12-29)8-7-19-3-1-2-4-22(19)32-24/h1-6,13-15H,7-12,16-17H2. The van der Waals surface area contributed by atoms with E-state index in [1.165, 1.54) is 17.7 Å². The smallest absolute Gasteiger partial charge is 0.225 e. The quantitative estimate of drug-likeness (QED) is 0.567. The summed E-state index contributed by atoms with van der Waals surface area (Å²) in [4.78, 5) is 14.8. The molecule has 0 unspecified atom stereocenters. The van der Waals surface area contributed by atoms with E-state index in [0.29, 0.717) is 17.2 Å². The van der Waals surface area contributed by atoms with Crippen molar-refractivity contribution in [3.05, 3.63) is 77.6 Å². The summed E-state index contributed by atoms with van der Waals surface area (Å²) >= 11 is 0. The molecule has 1 saturated heterocycles. The fraction of sp³-hybridized carbons (Fsp3) is 0.375. The fourth-order valence-corrected chi connectivity index (χ4v) is 5.91. The van der Waals surface area contributed by atoms with E-state index in [-0.39, 0.29) is 17.1 Å². The Morgan fingerprint density at radius 3 is 2.42 bits per heavy atom. The molecule has 1 fully saturated rings. The number of pyridine rings is 1. The maximum Gasteiger partial charge on any atom is 0.225 e. The van der Waals surface area contributed by atoms with Crippen LogP contribution in [0.3, 0.4) is 0 Å². The third kappa shape index (κ3) is 4.98. The third-order valence-corrected chi connectivity index (χ3v) is 7.85. The largest absolute Gasteiger partial charge is 0.487 e. The Hall–Kier alpha value is -3.07. The molecule has 1 spiro atoms. The van der Waals surface area contributed by atoms with Crippen LogP contribution in [-0.4, -0.2) is 42.1 Å². The highest BCUT2D eigenvalue weighted by Gasteiger charge is 2.39. The van der Waals surface area contributed by atoms with E-state index in [1.807, 2.05) is 12.1 Å². The van der Waals surface area contributed by atoms with Crippen molar-refractivity contribution in [3.8, 4) is 5.75 Å². The summed E-state index contributed by atoms with van der Waals surface area (Å²) in [6, 6.07) is 10.8. The van der Waals surface area contributed by atoms with Crippen molar-refractivity contribution in [2.75, 3.05) is 18.0 Å². The number of fused-ring (bicyclic) bond motifs is 1. The molecule has 0 N–H and O–H groups in total. The Bertz CT molecular complexity index is 1230. The number of anilines is 1. The number of aryl methyl sites for hydroxylation is 1. The summed E-state index contributed by atoms with van der Waals surface area (Å²) in [5.41, 5.74) is 1.97. The highest BCUT2D eigenvalue weighted by atomic mass is 32.2. The van der Waals surface area contributed by atoms with Gasteiger partial charge in [0.1, 0.15) is 17.2 Å². The Labute approximate surface area is 192 Å². The first-order chi connectivity index (χ1) is 15.9. The van der Waals surface area contributed by atoms with Gasteiger partial charge in [0.15, 0.2) is 9.84 Å². The van der Waals surface area contributed by atoms with Gasteiger partial charge in [-0.05, 0) is 36.6 Å². The lowest BCUT2D eigenvalue weighted by molar-refractivity contribution is 0.0223. The van der Waals surface area contributed by atoms with Crippen molar-refractivity contribution in [1.82, 2.24) is 15.0 Å². The van der Waals surface area contributed by atoms with Gasteiger partial charge in [0.25, 0.3) is 0 Å². The lowest BCUT2D eigenvalue weighted by Crippen LogP contribution is -2.50. The number of piperidine rings is 1.